The molecule has 0 atom stereocenters. The zero-order valence-corrected chi connectivity index (χ0v) is 15.9. The minimum absolute atomic E-state index is 0.143. The Morgan fingerprint density at radius 3 is 2.72 bits per heavy atom. The fourth-order valence-corrected chi connectivity index (χ4v) is 3.62. The van der Waals surface area contributed by atoms with Gasteiger partial charge in [-0.1, -0.05) is 24.3 Å². The van der Waals surface area contributed by atoms with Crippen LogP contribution in [-0.2, 0) is 11.2 Å². The number of hydrogen-bond donors (Lipinski definition) is 1. The van der Waals surface area contributed by atoms with E-state index in [9.17, 15) is 9.18 Å². The number of imidazole rings is 1. The van der Waals surface area contributed by atoms with Gasteiger partial charge in [0.15, 0.2) is 4.96 Å². The van der Waals surface area contributed by atoms with Crippen LogP contribution in [0.1, 0.15) is 16.8 Å². The van der Waals surface area contributed by atoms with Crippen LogP contribution in [0.3, 0.4) is 0 Å². The number of aromatic nitrogens is 2. The number of halogens is 1. The van der Waals surface area contributed by atoms with Crippen LogP contribution in [0.4, 0.5) is 4.39 Å². The van der Waals surface area contributed by atoms with Crippen LogP contribution in [0, 0.1) is 17.1 Å². The highest BCUT2D eigenvalue weighted by atomic mass is 32.1. The molecular formula is C21H14FN5OS. The number of amides is 1. The van der Waals surface area contributed by atoms with Gasteiger partial charge in [-0.2, -0.15) is 10.4 Å². The molecule has 1 amide bonds. The van der Waals surface area contributed by atoms with E-state index >= 15 is 0 Å². The number of hydrazone groups is 1. The Hall–Kier alpha value is -3.83. The molecule has 1 N–H and O–H groups in total. The van der Waals surface area contributed by atoms with Gasteiger partial charge in [-0.15, -0.1) is 11.3 Å². The van der Waals surface area contributed by atoms with E-state index in [4.69, 9.17) is 5.26 Å². The van der Waals surface area contributed by atoms with Gasteiger partial charge in [0.05, 0.1) is 30.0 Å². The molecule has 29 heavy (non-hydrogen) atoms. The second-order valence-corrected chi connectivity index (χ2v) is 7.05. The second-order valence-electron chi connectivity index (χ2n) is 6.22. The predicted molar refractivity (Wildman–Crippen MR) is 109 cm³/mol. The predicted octanol–water partition coefficient (Wildman–Crippen LogP) is 3.77. The summed E-state index contributed by atoms with van der Waals surface area (Å²) in [6.45, 7) is 0. The van der Waals surface area contributed by atoms with Crippen LogP contribution in [0.25, 0.3) is 16.2 Å². The van der Waals surface area contributed by atoms with E-state index in [0.717, 1.165) is 21.9 Å². The SMILES string of the molecule is N#Cc1ccc(-c2cn3c(CC(=O)N/N=C/c4ccc(F)cc4)csc3n2)cc1. The number of benzene rings is 2. The van der Waals surface area contributed by atoms with Crippen molar-refractivity contribution < 1.29 is 9.18 Å². The van der Waals surface area contributed by atoms with Crippen LogP contribution >= 0.6 is 11.3 Å². The monoisotopic (exact) mass is 403 g/mol. The third kappa shape index (κ3) is 4.20. The fourth-order valence-electron chi connectivity index (χ4n) is 2.74. The second kappa shape index (κ2) is 8.04. The molecule has 8 heteroatoms. The largest absolute Gasteiger partial charge is 0.294 e. The highest BCUT2D eigenvalue weighted by molar-refractivity contribution is 7.15. The van der Waals surface area contributed by atoms with Crippen molar-refractivity contribution in [2.24, 2.45) is 5.10 Å². The van der Waals surface area contributed by atoms with Gasteiger partial charge in [0.1, 0.15) is 5.82 Å². The van der Waals surface area contributed by atoms with E-state index in [1.807, 2.05) is 28.1 Å². The molecule has 0 bridgehead atoms. The van der Waals surface area contributed by atoms with Gasteiger partial charge in [-0.25, -0.2) is 14.8 Å². The Kier molecular flexibility index (Phi) is 5.14. The van der Waals surface area contributed by atoms with E-state index in [0.29, 0.717) is 11.1 Å². The molecule has 0 aliphatic heterocycles. The van der Waals surface area contributed by atoms with Gasteiger partial charge in [0, 0.05) is 22.8 Å². The number of hydrogen-bond acceptors (Lipinski definition) is 5. The molecule has 6 nitrogen and oxygen atoms in total. The minimum atomic E-state index is -0.326. The quantitative estimate of drug-likeness (QED) is 0.407. The molecule has 2 aromatic heterocycles. The average Bonchev–Trinajstić information content (AvgIpc) is 3.32. The number of nitrogens with one attached hydrogen (secondary N) is 1. The zero-order valence-electron chi connectivity index (χ0n) is 15.0. The Bertz CT molecular complexity index is 1230. The van der Waals surface area contributed by atoms with Crippen molar-refractivity contribution in [1.29, 1.82) is 5.26 Å². The van der Waals surface area contributed by atoms with Gasteiger partial charge in [-0.3, -0.25) is 9.20 Å². The maximum atomic E-state index is 12.9. The normalized spacial score (nSPS) is 11.0. The van der Waals surface area contributed by atoms with E-state index in [1.165, 1.54) is 29.7 Å². The number of carbonyl (C=O) groups excluding carboxylic acids is 1. The molecule has 0 aliphatic carbocycles. The third-order valence-corrected chi connectivity index (χ3v) is 5.10. The summed E-state index contributed by atoms with van der Waals surface area (Å²) in [5.74, 6) is -0.593. The van der Waals surface area contributed by atoms with Crippen molar-refractivity contribution in [2.45, 2.75) is 6.42 Å². The van der Waals surface area contributed by atoms with Gasteiger partial charge >= 0.3 is 0 Å². The lowest BCUT2D eigenvalue weighted by Gasteiger charge is -2.00. The molecule has 2 aromatic carbocycles. The highest BCUT2D eigenvalue weighted by Crippen LogP contribution is 2.24. The molecule has 2 heterocycles. The van der Waals surface area contributed by atoms with Crippen molar-refractivity contribution in [3.63, 3.8) is 0 Å². The molecule has 0 unspecified atom stereocenters. The van der Waals surface area contributed by atoms with Crippen molar-refractivity contribution in [3.8, 4) is 17.3 Å². The Balaban J connectivity index is 1.45. The zero-order chi connectivity index (χ0) is 20.2. The molecule has 0 aliphatic rings. The summed E-state index contributed by atoms with van der Waals surface area (Å²) >= 11 is 1.45. The summed E-state index contributed by atoms with van der Waals surface area (Å²) in [5, 5.41) is 14.7. The van der Waals surface area contributed by atoms with Gasteiger partial charge in [0.2, 0.25) is 5.91 Å². The summed E-state index contributed by atoms with van der Waals surface area (Å²) < 4.78 is 14.8. The van der Waals surface area contributed by atoms with Crippen LogP contribution in [-0.4, -0.2) is 21.5 Å². The smallest absolute Gasteiger partial charge is 0.246 e. The van der Waals surface area contributed by atoms with Crippen molar-refractivity contribution >= 4 is 28.4 Å². The Morgan fingerprint density at radius 1 is 1.24 bits per heavy atom. The van der Waals surface area contributed by atoms with Crippen LogP contribution in [0.15, 0.2) is 65.2 Å². The molecule has 0 fully saturated rings. The van der Waals surface area contributed by atoms with Crippen molar-refractivity contribution in [2.75, 3.05) is 0 Å². The molecule has 142 valence electrons. The molecule has 0 radical (unpaired) electrons. The maximum absolute atomic E-state index is 12.9. The lowest BCUT2D eigenvalue weighted by atomic mass is 10.1. The number of carbonyl (C=O) groups is 1. The van der Waals surface area contributed by atoms with Crippen molar-refractivity contribution in [1.82, 2.24) is 14.8 Å². The number of nitriles is 1. The molecule has 0 saturated heterocycles. The minimum Gasteiger partial charge on any atom is -0.294 e. The molecule has 0 saturated carbocycles. The first kappa shape index (κ1) is 18.5. The van der Waals surface area contributed by atoms with E-state index < -0.39 is 0 Å². The molecule has 4 aromatic rings. The van der Waals surface area contributed by atoms with E-state index in [-0.39, 0.29) is 18.1 Å². The average molecular weight is 403 g/mol. The number of fused-ring (bicyclic) bond motifs is 1. The third-order valence-electron chi connectivity index (χ3n) is 4.21. The van der Waals surface area contributed by atoms with Gasteiger partial charge in [-0.05, 0) is 29.8 Å². The standard InChI is InChI=1S/C21H14FN5OS/c22-17-7-3-15(4-8-17)11-24-26-20(28)9-18-13-29-21-25-19(12-27(18)21)16-5-1-14(10-23)2-6-16/h1-8,11-13H,9H2,(H,26,28)/b24-11+. The lowest BCUT2D eigenvalue weighted by Crippen LogP contribution is -2.20. The topological polar surface area (TPSA) is 82.5 Å². The first-order valence-corrected chi connectivity index (χ1v) is 9.54. The van der Waals surface area contributed by atoms with Crippen LogP contribution in [0.5, 0.6) is 0 Å². The van der Waals surface area contributed by atoms with Crippen LogP contribution < -0.4 is 5.43 Å². The summed E-state index contributed by atoms with van der Waals surface area (Å²) in [6.07, 6.45) is 3.47. The summed E-state index contributed by atoms with van der Waals surface area (Å²) in [5.41, 5.74) is 6.23. The maximum Gasteiger partial charge on any atom is 0.246 e. The summed E-state index contributed by atoms with van der Waals surface area (Å²) in [6, 6.07) is 15.1. The molecule has 4 rings (SSSR count). The highest BCUT2D eigenvalue weighted by Gasteiger charge is 2.12. The molecular weight excluding hydrogens is 389 g/mol. The summed E-state index contributed by atoms with van der Waals surface area (Å²) in [4.78, 5) is 17.6. The van der Waals surface area contributed by atoms with Crippen molar-refractivity contribution in [3.05, 3.63) is 82.7 Å². The molecule has 0 spiro atoms. The van der Waals surface area contributed by atoms with E-state index in [1.54, 1.807) is 24.3 Å². The number of rotatable bonds is 5. The lowest BCUT2D eigenvalue weighted by molar-refractivity contribution is -0.120. The summed E-state index contributed by atoms with van der Waals surface area (Å²) in [7, 11) is 0. The first-order valence-electron chi connectivity index (χ1n) is 8.66. The number of nitrogens with zero attached hydrogens (tertiary/aromatic N) is 4. The van der Waals surface area contributed by atoms with E-state index in [2.05, 4.69) is 21.6 Å². The van der Waals surface area contributed by atoms with Gasteiger partial charge < -0.3 is 0 Å². The fraction of sp³-hybridized carbons (Fsp3) is 0.0476. The van der Waals surface area contributed by atoms with Gasteiger partial charge in [0.25, 0.3) is 0 Å². The first-order chi connectivity index (χ1) is 14.1. The van der Waals surface area contributed by atoms with Crippen LogP contribution in [0.2, 0.25) is 0 Å². The number of thiazole rings is 1. The Morgan fingerprint density at radius 2 is 2.00 bits per heavy atom. The Labute approximate surface area is 169 Å².